The smallest absolute Gasteiger partial charge is 0.143 e. The molecular weight excluding hydrogens is 142 g/mol. The molecule has 5 heteroatoms. The van der Waals surface area contributed by atoms with Gasteiger partial charge in [0.2, 0.25) is 0 Å². The lowest BCUT2D eigenvalue weighted by atomic mass is 10.2. The molecule has 5 nitrogen and oxygen atoms in total. The van der Waals surface area contributed by atoms with E-state index in [9.17, 15) is 0 Å². The van der Waals surface area contributed by atoms with Gasteiger partial charge in [0.1, 0.15) is 12.2 Å². The van der Waals surface area contributed by atoms with E-state index in [1.54, 1.807) is 0 Å². The molecule has 0 amide bonds. The molecule has 1 rings (SSSR count). The van der Waals surface area contributed by atoms with E-state index in [1.807, 2.05) is 0 Å². The van der Waals surface area contributed by atoms with Crippen molar-refractivity contribution in [2.24, 2.45) is 5.84 Å². The predicted octanol–water partition coefficient (Wildman–Crippen LogP) is -0.668. The molecule has 0 aliphatic heterocycles. The molecule has 1 atom stereocenters. The highest BCUT2D eigenvalue weighted by Gasteiger charge is 2.09. The first-order chi connectivity index (χ1) is 5.38. The SMILES string of the molecule is C#CCC(NN)c1ncn[nH]1. The van der Waals surface area contributed by atoms with Crippen molar-refractivity contribution >= 4 is 0 Å². The van der Waals surface area contributed by atoms with Crippen LogP contribution in [-0.4, -0.2) is 15.2 Å². The number of hydrogen-bond acceptors (Lipinski definition) is 4. The van der Waals surface area contributed by atoms with E-state index < -0.39 is 0 Å². The largest absolute Gasteiger partial charge is 0.271 e. The van der Waals surface area contributed by atoms with E-state index in [2.05, 4.69) is 26.5 Å². The first kappa shape index (κ1) is 7.72. The summed E-state index contributed by atoms with van der Waals surface area (Å²) in [5.41, 5.74) is 2.53. The van der Waals surface area contributed by atoms with Gasteiger partial charge in [0.05, 0.1) is 6.04 Å². The zero-order valence-corrected chi connectivity index (χ0v) is 5.91. The van der Waals surface area contributed by atoms with Crippen LogP contribution >= 0.6 is 0 Å². The van der Waals surface area contributed by atoms with Gasteiger partial charge in [-0.2, -0.15) is 5.10 Å². The van der Waals surface area contributed by atoms with E-state index in [0.29, 0.717) is 12.2 Å². The van der Waals surface area contributed by atoms with Gasteiger partial charge in [-0.25, -0.2) is 10.4 Å². The molecular formula is C6H9N5. The lowest BCUT2D eigenvalue weighted by Crippen LogP contribution is -2.28. The average Bonchev–Trinajstić information content (AvgIpc) is 2.52. The third kappa shape index (κ3) is 1.77. The first-order valence-electron chi connectivity index (χ1n) is 3.13. The van der Waals surface area contributed by atoms with Gasteiger partial charge in [0.25, 0.3) is 0 Å². The highest BCUT2D eigenvalue weighted by atomic mass is 15.3. The van der Waals surface area contributed by atoms with Crippen LogP contribution in [0.5, 0.6) is 0 Å². The summed E-state index contributed by atoms with van der Waals surface area (Å²) in [6.07, 6.45) is 7.01. The maximum Gasteiger partial charge on any atom is 0.143 e. The molecule has 1 aromatic heterocycles. The highest BCUT2D eigenvalue weighted by Crippen LogP contribution is 2.07. The Balaban J connectivity index is 2.65. The van der Waals surface area contributed by atoms with Gasteiger partial charge in [-0.15, -0.1) is 12.3 Å². The lowest BCUT2D eigenvalue weighted by Gasteiger charge is -2.07. The van der Waals surface area contributed by atoms with Gasteiger partial charge in [0.15, 0.2) is 0 Å². The predicted molar refractivity (Wildman–Crippen MR) is 39.9 cm³/mol. The molecule has 0 spiro atoms. The number of nitrogens with zero attached hydrogens (tertiary/aromatic N) is 2. The fraction of sp³-hybridized carbons (Fsp3) is 0.333. The topological polar surface area (TPSA) is 79.6 Å². The molecule has 0 aromatic carbocycles. The Morgan fingerprint density at radius 1 is 1.91 bits per heavy atom. The second-order valence-electron chi connectivity index (χ2n) is 2.00. The molecule has 0 bridgehead atoms. The van der Waals surface area contributed by atoms with Crippen molar-refractivity contribution in [2.75, 3.05) is 0 Å². The maximum atomic E-state index is 5.22. The van der Waals surface area contributed by atoms with Crippen molar-refractivity contribution in [2.45, 2.75) is 12.5 Å². The van der Waals surface area contributed by atoms with Crippen LogP contribution in [-0.2, 0) is 0 Å². The molecule has 1 heterocycles. The molecule has 0 aliphatic carbocycles. The number of terminal acetylenes is 1. The lowest BCUT2D eigenvalue weighted by molar-refractivity contribution is 0.539. The molecule has 0 fully saturated rings. The number of hydrazine groups is 1. The van der Waals surface area contributed by atoms with Crippen LogP contribution in [0.1, 0.15) is 18.3 Å². The van der Waals surface area contributed by atoms with E-state index >= 15 is 0 Å². The van der Waals surface area contributed by atoms with Crippen LogP contribution in [0.2, 0.25) is 0 Å². The number of nitrogens with one attached hydrogen (secondary N) is 2. The van der Waals surface area contributed by atoms with E-state index in [1.165, 1.54) is 6.33 Å². The van der Waals surface area contributed by atoms with Crippen LogP contribution in [0.3, 0.4) is 0 Å². The number of aromatic nitrogens is 3. The van der Waals surface area contributed by atoms with Gasteiger partial charge in [-0.3, -0.25) is 10.9 Å². The van der Waals surface area contributed by atoms with Crippen LogP contribution in [0.25, 0.3) is 0 Å². The Morgan fingerprint density at radius 2 is 2.73 bits per heavy atom. The third-order valence-electron chi connectivity index (χ3n) is 1.29. The Kier molecular flexibility index (Phi) is 2.60. The summed E-state index contributed by atoms with van der Waals surface area (Å²) < 4.78 is 0. The summed E-state index contributed by atoms with van der Waals surface area (Å²) in [5.74, 6) is 8.35. The van der Waals surface area contributed by atoms with Crippen LogP contribution in [0.15, 0.2) is 6.33 Å². The standard InChI is InChI=1S/C6H9N5/c1-2-3-5(10-7)6-8-4-9-11-6/h1,4-5,10H,3,7H2,(H,8,9,11). The van der Waals surface area contributed by atoms with Crippen molar-refractivity contribution in [3.8, 4) is 12.3 Å². The fourth-order valence-corrected chi connectivity index (χ4v) is 0.735. The van der Waals surface area contributed by atoms with E-state index in [4.69, 9.17) is 12.3 Å². The Hall–Kier alpha value is -1.38. The van der Waals surface area contributed by atoms with Crippen molar-refractivity contribution in [1.29, 1.82) is 0 Å². The van der Waals surface area contributed by atoms with Gasteiger partial charge in [-0.05, 0) is 0 Å². The maximum absolute atomic E-state index is 5.22. The van der Waals surface area contributed by atoms with Crippen LogP contribution in [0.4, 0.5) is 0 Å². The Bertz CT molecular complexity index is 234. The Morgan fingerprint density at radius 3 is 3.18 bits per heavy atom. The minimum absolute atomic E-state index is 0.137. The van der Waals surface area contributed by atoms with Crippen molar-refractivity contribution < 1.29 is 0 Å². The van der Waals surface area contributed by atoms with Gasteiger partial charge in [-0.1, -0.05) is 0 Å². The van der Waals surface area contributed by atoms with Crippen molar-refractivity contribution in [3.05, 3.63) is 12.2 Å². The zero-order chi connectivity index (χ0) is 8.10. The highest BCUT2D eigenvalue weighted by molar-refractivity contribution is 4.98. The van der Waals surface area contributed by atoms with E-state index in [0.717, 1.165) is 0 Å². The van der Waals surface area contributed by atoms with Crippen molar-refractivity contribution in [3.63, 3.8) is 0 Å². The molecule has 4 N–H and O–H groups in total. The summed E-state index contributed by atoms with van der Waals surface area (Å²) in [6, 6.07) is -0.137. The number of hydrogen-bond donors (Lipinski definition) is 3. The number of nitrogens with two attached hydrogens (primary N) is 1. The van der Waals surface area contributed by atoms with Gasteiger partial charge in [0, 0.05) is 6.42 Å². The van der Waals surface area contributed by atoms with Crippen molar-refractivity contribution in [1.82, 2.24) is 20.6 Å². The Labute approximate surface area is 64.4 Å². The quantitative estimate of drug-likeness (QED) is 0.304. The second-order valence-corrected chi connectivity index (χ2v) is 2.00. The number of rotatable bonds is 3. The molecule has 58 valence electrons. The van der Waals surface area contributed by atoms with Crippen LogP contribution < -0.4 is 11.3 Å². The monoisotopic (exact) mass is 151 g/mol. The summed E-state index contributed by atoms with van der Waals surface area (Å²) in [6.45, 7) is 0. The first-order valence-corrected chi connectivity index (χ1v) is 3.13. The molecule has 11 heavy (non-hydrogen) atoms. The third-order valence-corrected chi connectivity index (χ3v) is 1.29. The molecule has 0 saturated carbocycles. The summed E-state index contributed by atoms with van der Waals surface area (Å²) in [4.78, 5) is 3.90. The van der Waals surface area contributed by atoms with Gasteiger partial charge < -0.3 is 0 Å². The zero-order valence-electron chi connectivity index (χ0n) is 5.91. The van der Waals surface area contributed by atoms with Gasteiger partial charge >= 0.3 is 0 Å². The normalized spacial score (nSPS) is 12.4. The summed E-state index contributed by atoms with van der Waals surface area (Å²) in [5, 5.41) is 6.35. The summed E-state index contributed by atoms with van der Waals surface area (Å²) >= 11 is 0. The fourth-order valence-electron chi connectivity index (χ4n) is 0.735. The minimum atomic E-state index is -0.137. The summed E-state index contributed by atoms with van der Waals surface area (Å²) in [7, 11) is 0. The van der Waals surface area contributed by atoms with Crippen LogP contribution in [0, 0.1) is 12.3 Å². The molecule has 0 radical (unpaired) electrons. The number of aromatic amines is 1. The second kappa shape index (κ2) is 3.71. The molecule has 1 unspecified atom stereocenters. The van der Waals surface area contributed by atoms with E-state index in [-0.39, 0.29) is 6.04 Å². The molecule has 0 saturated heterocycles. The minimum Gasteiger partial charge on any atom is -0.271 e. The molecule has 1 aromatic rings. The average molecular weight is 151 g/mol. The number of H-pyrrole nitrogens is 1. The molecule has 0 aliphatic rings.